The van der Waals surface area contributed by atoms with Crippen LogP contribution in [0.5, 0.6) is 0 Å². The summed E-state index contributed by atoms with van der Waals surface area (Å²) in [6.07, 6.45) is 5.19. The highest BCUT2D eigenvalue weighted by atomic mass is 16.5. The highest BCUT2D eigenvalue weighted by Crippen LogP contribution is 2.45. The van der Waals surface area contributed by atoms with E-state index in [0.717, 1.165) is 38.8 Å². The van der Waals surface area contributed by atoms with Crippen molar-refractivity contribution in [2.75, 3.05) is 45.9 Å². The van der Waals surface area contributed by atoms with Crippen LogP contribution in [0.3, 0.4) is 0 Å². The highest BCUT2D eigenvalue weighted by molar-refractivity contribution is 5.83. The minimum Gasteiger partial charge on any atom is -0.381 e. The molecule has 6 heteroatoms. The zero-order valence-corrected chi connectivity index (χ0v) is 15.8. The molecule has 0 aromatic heterocycles. The van der Waals surface area contributed by atoms with Crippen LogP contribution in [-0.4, -0.2) is 67.7 Å². The largest absolute Gasteiger partial charge is 0.381 e. The van der Waals surface area contributed by atoms with Gasteiger partial charge in [0.05, 0.1) is 5.92 Å². The molecule has 3 heterocycles. The van der Waals surface area contributed by atoms with Crippen molar-refractivity contribution in [1.29, 1.82) is 0 Å². The number of carbonyl (C=O) groups excluding carboxylic acids is 2. The van der Waals surface area contributed by atoms with Gasteiger partial charge in [0.25, 0.3) is 0 Å². The first-order valence-corrected chi connectivity index (χ1v) is 9.91. The average Bonchev–Trinajstić information content (AvgIpc) is 2.99. The van der Waals surface area contributed by atoms with E-state index in [-0.39, 0.29) is 23.3 Å². The van der Waals surface area contributed by atoms with Gasteiger partial charge in [-0.25, -0.2) is 4.79 Å². The third-order valence-electron chi connectivity index (χ3n) is 6.05. The molecule has 1 atom stereocenters. The summed E-state index contributed by atoms with van der Waals surface area (Å²) in [4.78, 5) is 29.7. The van der Waals surface area contributed by atoms with Crippen molar-refractivity contribution in [3.63, 3.8) is 0 Å². The second kappa shape index (κ2) is 7.94. The third kappa shape index (κ3) is 4.10. The van der Waals surface area contributed by atoms with Crippen molar-refractivity contribution < 1.29 is 14.3 Å². The lowest BCUT2D eigenvalue weighted by molar-refractivity contribution is -0.141. The number of hydrogen-bond acceptors (Lipinski definition) is 3. The minimum atomic E-state index is -0.0953. The van der Waals surface area contributed by atoms with Gasteiger partial charge in [-0.1, -0.05) is 13.8 Å². The molecule has 0 aromatic rings. The Morgan fingerprint density at radius 1 is 1.12 bits per heavy atom. The first-order chi connectivity index (χ1) is 12.0. The predicted octanol–water partition coefficient (Wildman–Crippen LogP) is 2.09. The molecule has 3 aliphatic heterocycles. The fourth-order valence-electron chi connectivity index (χ4n) is 4.49. The van der Waals surface area contributed by atoms with E-state index < -0.39 is 0 Å². The fraction of sp³-hybridized carbons (Fsp3) is 0.895. The van der Waals surface area contributed by atoms with Gasteiger partial charge in [-0.3, -0.25) is 4.79 Å². The van der Waals surface area contributed by atoms with E-state index in [1.54, 1.807) is 0 Å². The smallest absolute Gasteiger partial charge is 0.317 e. The van der Waals surface area contributed by atoms with E-state index in [1.807, 2.05) is 9.80 Å². The number of ether oxygens (including phenoxy) is 1. The molecule has 3 saturated heterocycles. The van der Waals surface area contributed by atoms with Gasteiger partial charge in [0.1, 0.15) is 0 Å². The average molecular weight is 351 g/mol. The molecule has 0 saturated carbocycles. The molecule has 0 aromatic carbocycles. The molecule has 1 spiro atoms. The van der Waals surface area contributed by atoms with Gasteiger partial charge in [0.15, 0.2) is 0 Å². The van der Waals surface area contributed by atoms with Crippen LogP contribution >= 0.6 is 0 Å². The Bertz CT molecular complexity index is 482. The van der Waals surface area contributed by atoms with Gasteiger partial charge in [0.2, 0.25) is 5.91 Å². The summed E-state index contributed by atoms with van der Waals surface area (Å²) in [6.45, 7) is 9.25. The quantitative estimate of drug-likeness (QED) is 0.847. The molecule has 6 nitrogen and oxygen atoms in total. The molecule has 3 aliphatic rings. The van der Waals surface area contributed by atoms with E-state index in [1.165, 1.54) is 6.42 Å². The summed E-state index contributed by atoms with van der Waals surface area (Å²) in [5, 5.41) is 3.02. The number of rotatable bonds is 3. The van der Waals surface area contributed by atoms with Crippen molar-refractivity contribution >= 4 is 11.9 Å². The molecule has 1 N–H and O–H groups in total. The van der Waals surface area contributed by atoms with Gasteiger partial charge < -0.3 is 19.9 Å². The van der Waals surface area contributed by atoms with E-state index in [0.29, 0.717) is 38.8 Å². The molecular weight excluding hydrogens is 318 g/mol. The Kier molecular flexibility index (Phi) is 5.87. The monoisotopic (exact) mass is 351 g/mol. The highest BCUT2D eigenvalue weighted by Gasteiger charge is 2.52. The van der Waals surface area contributed by atoms with Crippen molar-refractivity contribution in [3.8, 4) is 0 Å². The van der Waals surface area contributed by atoms with Gasteiger partial charge in [-0.2, -0.15) is 0 Å². The van der Waals surface area contributed by atoms with Crippen LogP contribution in [0.25, 0.3) is 0 Å². The Balaban J connectivity index is 1.72. The van der Waals surface area contributed by atoms with Crippen LogP contribution in [0.15, 0.2) is 0 Å². The van der Waals surface area contributed by atoms with Crippen LogP contribution in [0, 0.1) is 17.3 Å². The van der Waals surface area contributed by atoms with E-state index >= 15 is 0 Å². The first kappa shape index (κ1) is 18.5. The van der Waals surface area contributed by atoms with E-state index in [4.69, 9.17) is 4.74 Å². The van der Waals surface area contributed by atoms with Crippen LogP contribution in [0.4, 0.5) is 4.79 Å². The molecular formula is C19H33N3O3. The minimum absolute atomic E-state index is 0.0199. The maximum atomic E-state index is 13.2. The summed E-state index contributed by atoms with van der Waals surface area (Å²) < 4.78 is 5.56. The Morgan fingerprint density at radius 3 is 2.44 bits per heavy atom. The normalized spacial score (nSPS) is 26.3. The molecule has 3 amide bonds. The number of nitrogens with one attached hydrogen (secondary N) is 1. The maximum absolute atomic E-state index is 13.2. The van der Waals surface area contributed by atoms with Gasteiger partial charge in [-0.15, -0.1) is 0 Å². The van der Waals surface area contributed by atoms with Crippen LogP contribution in [0.2, 0.25) is 0 Å². The van der Waals surface area contributed by atoms with Crippen LogP contribution < -0.4 is 5.32 Å². The lowest BCUT2D eigenvalue weighted by Crippen LogP contribution is -2.47. The standard InChI is InChI=1S/C19H33N3O3/c1-15(2)12-20-18(24)22-13-16(17(23)21-8-4-3-5-9-21)19(14-22)6-10-25-11-7-19/h15-16H,3-14H2,1-2H3,(H,20,24). The van der Waals surface area contributed by atoms with Crippen LogP contribution in [0.1, 0.15) is 46.0 Å². The number of amides is 3. The molecule has 0 bridgehead atoms. The number of likely N-dealkylation sites (tertiary alicyclic amines) is 2. The topological polar surface area (TPSA) is 61.9 Å². The lowest BCUT2D eigenvalue weighted by atomic mass is 9.71. The summed E-state index contributed by atoms with van der Waals surface area (Å²) in [6, 6.07) is -0.0199. The maximum Gasteiger partial charge on any atom is 0.317 e. The van der Waals surface area contributed by atoms with Crippen molar-refractivity contribution in [1.82, 2.24) is 15.1 Å². The number of nitrogens with zero attached hydrogens (tertiary/aromatic N) is 2. The van der Waals surface area contributed by atoms with Gasteiger partial charge in [0, 0.05) is 51.4 Å². The first-order valence-electron chi connectivity index (χ1n) is 9.91. The van der Waals surface area contributed by atoms with Gasteiger partial charge in [-0.05, 0) is 38.0 Å². The summed E-state index contributed by atoms with van der Waals surface area (Å²) in [5.41, 5.74) is -0.0953. The predicted molar refractivity (Wildman–Crippen MR) is 96.2 cm³/mol. The Morgan fingerprint density at radius 2 is 1.80 bits per heavy atom. The molecule has 25 heavy (non-hydrogen) atoms. The van der Waals surface area contributed by atoms with E-state index in [2.05, 4.69) is 19.2 Å². The van der Waals surface area contributed by atoms with E-state index in [9.17, 15) is 9.59 Å². The van der Waals surface area contributed by atoms with Crippen molar-refractivity contribution in [2.24, 2.45) is 17.3 Å². The van der Waals surface area contributed by atoms with Crippen LogP contribution in [-0.2, 0) is 9.53 Å². The Hall–Kier alpha value is -1.30. The fourth-order valence-corrected chi connectivity index (χ4v) is 4.49. The zero-order valence-electron chi connectivity index (χ0n) is 15.8. The lowest BCUT2D eigenvalue weighted by Gasteiger charge is -2.39. The molecule has 0 radical (unpaired) electrons. The number of hydrogen-bond donors (Lipinski definition) is 1. The molecule has 1 unspecified atom stereocenters. The molecule has 142 valence electrons. The molecule has 3 rings (SSSR count). The van der Waals surface area contributed by atoms with Gasteiger partial charge >= 0.3 is 6.03 Å². The zero-order chi connectivity index (χ0) is 17.9. The number of urea groups is 1. The Labute approximate surface area is 151 Å². The summed E-state index contributed by atoms with van der Waals surface area (Å²) >= 11 is 0. The molecule has 0 aliphatic carbocycles. The number of piperidine rings is 1. The van der Waals surface area contributed by atoms with Crippen molar-refractivity contribution in [2.45, 2.75) is 46.0 Å². The summed E-state index contributed by atoms with van der Waals surface area (Å²) in [7, 11) is 0. The summed E-state index contributed by atoms with van der Waals surface area (Å²) in [5.74, 6) is 0.620. The van der Waals surface area contributed by atoms with Crippen molar-refractivity contribution in [3.05, 3.63) is 0 Å². The second-order valence-electron chi connectivity index (χ2n) is 8.37. The SMILES string of the molecule is CC(C)CNC(=O)N1CC(C(=O)N2CCCCC2)C2(CCOCC2)C1. The molecule has 3 fully saturated rings. The number of carbonyl (C=O) groups is 2. The second-order valence-corrected chi connectivity index (χ2v) is 8.37. The third-order valence-corrected chi connectivity index (χ3v) is 6.05.